The van der Waals surface area contributed by atoms with Gasteiger partial charge in [0.1, 0.15) is 12.1 Å². The van der Waals surface area contributed by atoms with Gasteiger partial charge in [0.25, 0.3) is 0 Å². The second kappa shape index (κ2) is 4.77. The molecule has 0 spiro atoms. The molecule has 0 saturated heterocycles. The van der Waals surface area contributed by atoms with Crippen molar-refractivity contribution in [1.82, 2.24) is 9.78 Å². The van der Waals surface area contributed by atoms with E-state index >= 15 is 0 Å². The molecule has 0 aliphatic heterocycles. The highest BCUT2D eigenvalue weighted by Crippen LogP contribution is 2.27. The van der Waals surface area contributed by atoms with Crippen LogP contribution in [0.5, 0.6) is 5.75 Å². The van der Waals surface area contributed by atoms with E-state index in [0.717, 1.165) is 0 Å². The van der Waals surface area contributed by atoms with E-state index in [4.69, 9.17) is 4.74 Å². The van der Waals surface area contributed by atoms with Crippen LogP contribution in [0.25, 0.3) is 0 Å². The highest BCUT2D eigenvalue weighted by Gasteiger charge is 2.34. The molecule has 1 rings (SSSR count). The summed E-state index contributed by atoms with van der Waals surface area (Å²) in [5, 5.41) is 3.84. The van der Waals surface area contributed by atoms with E-state index in [1.54, 1.807) is 13.8 Å². The van der Waals surface area contributed by atoms with E-state index in [1.807, 2.05) is 0 Å². The van der Waals surface area contributed by atoms with Gasteiger partial charge in [-0.05, 0) is 13.8 Å². The maximum atomic E-state index is 12.2. The van der Waals surface area contributed by atoms with Crippen molar-refractivity contribution in [2.45, 2.75) is 32.5 Å². The van der Waals surface area contributed by atoms with Crippen molar-refractivity contribution in [1.29, 1.82) is 0 Å². The van der Waals surface area contributed by atoms with Crippen molar-refractivity contribution in [2.75, 3.05) is 7.11 Å². The van der Waals surface area contributed by atoms with E-state index in [1.165, 1.54) is 18.0 Å². The van der Waals surface area contributed by atoms with Crippen LogP contribution in [0.2, 0.25) is 0 Å². The molecule has 0 N–H and O–H groups in total. The van der Waals surface area contributed by atoms with Gasteiger partial charge >= 0.3 is 6.18 Å². The third-order valence-corrected chi connectivity index (χ3v) is 2.10. The molecule has 1 aromatic heterocycles. The predicted octanol–water partition coefficient (Wildman–Crippen LogP) is 2.61. The minimum absolute atomic E-state index is 0.0629. The van der Waals surface area contributed by atoms with Crippen LogP contribution in [0.3, 0.4) is 0 Å². The van der Waals surface area contributed by atoms with Gasteiger partial charge in [0, 0.05) is 6.04 Å². The first-order valence-electron chi connectivity index (χ1n) is 4.97. The van der Waals surface area contributed by atoms with Gasteiger partial charge in [-0.25, -0.2) is 0 Å². The van der Waals surface area contributed by atoms with Crippen molar-refractivity contribution < 1.29 is 22.7 Å². The van der Waals surface area contributed by atoms with Crippen molar-refractivity contribution in [3.63, 3.8) is 0 Å². The zero-order valence-corrected chi connectivity index (χ0v) is 9.71. The van der Waals surface area contributed by atoms with Crippen LogP contribution in [0.1, 0.15) is 36.8 Å². The minimum atomic E-state index is -4.53. The fraction of sp³-hybridized carbons (Fsp3) is 0.600. The number of carbonyl (C=O) groups excluding carboxylic acids is 1. The second-order valence-electron chi connectivity index (χ2n) is 3.81. The number of Topliss-reactive ketones (excluding diaryl/α,β-unsaturated/α-hetero) is 1. The summed E-state index contributed by atoms with van der Waals surface area (Å²) >= 11 is 0. The Bertz CT molecular complexity index is 410. The Morgan fingerprint density at radius 2 is 2.12 bits per heavy atom. The van der Waals surface area contributed by atoms with Gasteiger partial charge in [-0.1, -0.05) is 0 Å². The molecular formula is C10H13F3N2O2. The summed E-state index contributed by atoms with van der Waals surface area (Å²) in [6.07, 6.45) is -4.81. The third-order valence-electron chi connectivity index (χ3n) is 2.10. The summed E-state index contributed by atoms with van der Waals surface area (Å²) in [7, 11) is 1.28. The monoisotopic (exact) mass is 250 g/mol. The number of carbonyl (C=O) groups is 1. The topological polar surface area (TPSA) is 44.1 Å². The molecule has 0 radical (unpaired) electrons. The highest BCUT2D eigenvalue weighted by molar-refractivity contribution is 5.97. The SMILES string of the molecule is COc1cnn(C(C)C)c1C(=O)CC(F)(F)F. The number of hydrogen-bond donors (Lipinski definition) is 0. The number of methoxy groups -OCH3 is 1. The molecule has 0 amide bonds. The Labute approximate surface area is 96.4 Å². The maximum absolute atomic E-state index is 12.2. The van der Waals surface area contributed by atoms with E-state index < -0.39 is 18.4 Å². The summed E-state index contributed by atoms with van der Waals surface area (Å²) in [5.74, 6) is -0.978. The van der Waals surface area contributed by atoms with Crippen LogP contribution in [-0.2, 0) is 0 Å². The number of nitrogens with zero attached hydrogens (tertiary/aromatic N) is 2. The lowest BCUT2D eigenvalue weighted by atomic mass is 10.2. The van der Waals surface area contributed by atoms with Crippen molar-refractivity contribution in [3.8, 4) is 5.75 Å². The number of alkyl halides is 3. The highest BCUT2D eigenvalue weighted by atomic mass is 19.4. The molecule has 96 valence electrons. The van der Waals surface area contributed by atoms with Crippen LogP contribution >= 0.6 is 0 Å². The van der Waals surface area contributed by atoms with E-state index in [-0.39, 0.29) is 17.5 Å². The Morgan fingerprint density at radius 1 is 1.53 bits per heavy atom. The molecule has 0 aromatic carbocycles. The molecule has 0 fully saturated rings. The number of halogens is 3. The Morgan fingerprint density at radius 3 is 2.53 bits per heavy atom. The summed E-state index contributed by atoms with van der Waals surface area (Å²) < 4.78 is 42.6. The summed E-state index contributed by atoms with van der Waals surface area (Å²) in [6.45, 7) is 3.44. The smallest absolute Gasteiger partial charge is 0.396 e. The first-order valence-corrected chi connectivity index (χ1v) is 4.97. The summed E-state index contributed by atoms with van der Waals surface area (Å²) in [5.41, 5.74) is -0.139. The van der Waals surface area contributed by atoms with Gasteiger partial charge in [-0.3, -0.25) is 9.48 Å². The van der Waals surface area contributed by atoms with Gasteiger partial charge in [0.05, 0.1) is 13.3 Å². The van der Waals surface area contributed by atoms with E-state index in [9.17, 15) is 18.0 Å². The fourth-order valence-corrected chi connectivity index (χ4v) is 1.42. The molecule has 17 heavy (non-hydrogen) atoms. The van der Waals surface area contributed by atoms with E-state index in [2.05, 4.69) is 5.10 Å². The predicted molar refractivity (Wildman–Crippen MR) is 54.2 cm³/mol. The van der Waals surface area contributed by atoms with Crippen LogP contribution in [0.15, 0.2) is 6.20 Å². The quantitative estimate of drug-likeness (QED) is 0.771. The Kier molecular flexibility index (Phi) is 3.79. The second-order valence-corrected chi connectivity index (χ2v) is 3.81. The standard InChI is InChI=1S/C10H13F3N2O2/c1-6(2)15-9(8(17-3)5-14-15)7(16)4-10(11,12)13/h5-6H,4H2,1-3H3. The number of rotatable bonds is 4. The molecule has 0 unspecified atom stereocenters. The first kappa shape index (κ1) is 13.5. The van der Waals surface area contributed by atoms with Crippen molar-refractivity contribution in [3.05, 3.63) is 11.9 Å². The molecule has 0 aliphatic carbocycles. The lowest BCUT2D eigenvalue weighted by Crippen LogP contribution is -2.20. The number of aromatic nitrogens is 2. The molecule has 0 atom stereocenters. The molecule has 1 heterocycles. The zero-order valence-electron chi connectivity index (χ0n) is 9.71. The van der Waals surface area contributed by atoms with Crippen molar-refractivity contribution in [2.24, 2.45) is 0 Å². The lowest BCUT2D eigenvalue weighted by Gasteiger charge is -2.12. The largest absolute Gasteiger partial charge is 0.493 e. The van der Waals surface area contributed by atoms with Gasteiger partial charge in [0.15, 0.2) is 11.5 Å². The average Bonchev–Trinajstić information content (AvgIpc) is 2.57. The van der Waals surface area contributed by atoms with E-state index in [0.29, 0.717) is 0 Å². The van der Waals surface area contributed by atoms with Gasteiger partial charge < -0.3 is 4.74 Å². The lowest BCUT2D eigenvalue weighted by molar-refractivity contribution is -0.125. The molecule has 4 nitrogen and oxygen atoms in total. The number of ketones is 1. The fourth-order valence-electron chi connectivity index (χ4n) is 1.42. The molecule has 0 bridgehead atoms. The maximum Gasteiger partial charge on any atom is 0.396 e. The molecule has 0 aliphatic rings. The average molecular weight is 250 g/mol. The number of ether oxygens (including phenoxy) is 1. The van der Waals surface area contributed by atoms with Crippen LogP contribution in [-0.4, -0.2) is 28.8 Å². The zero-order chi connectivity index (χ0) is 13.2. The van der Waals surface area contributed by atoms with Crippen LogP contribution in [0.4, 0.5) is 13.2 Å². The van der Waals surface area contributed by atoms with Crippen LogP contribution in [0, 0.1) is 0 Å². The first-order chi connectivity index (χ1) is 7.76. The van der Waals surface area contributed by atoms with Crippen molar-refractivity contribution >= 4 is 5.78 Å². The van der Waals surface area contributed by atoms with Gasteiger partial charge in [-0.15, -0.1) is 0 Å². The number of hydrogen-bond acceptors (Lipinski definition) is 3. The molecule has 7 heteroatoms. The summed E-state index contributed by atoms with van der Waals surface area (Å²) in [6, 6.07) is -0.217. The molecule has 1 aromatic rings. The van der Waals surface area contributed by atoms with Crippen LogP contribution < -0.4 is 4.74 Å². The Hall–Kier alpha value is -1.53. The Balaban J connectivity index is 3.10. The molecular weight excluding hydrogens is 237 g/mol. The summed E-state index contributed by atoms with van der Waals surface area (Å²) in [4.78, 5) is 11.6. The van der Waals surface area contributed by atoms with Gasteiger partial charge in [-0.2, -0.15) is 18.3 Å². The minimum Gasteiger partial charge on any atom is -0.493 e. The normalized spacial score (nSPS) is 11.9. The van der Waals surface area contributed by atoms with Gasteiger partial charge in [0.2, 0.25) is 0 Å². The molecule has 0 saturated carbocycles. The third kappa shape index (κ3) is 3.21.